The number of ketones is 1. The largest absolute Gasteiger partial charge is 0.304 e. The second-order valence-corrected chi connectivity index (χ2v) is 6.58. The second kappa shape index (κ2) is 5.64. The molecule has 1 aromatic carbocycles. The van der Waals surface area contributed by atoms with Gasteiger partial charge in [-0.05, 0) is 37.0 Å². The molecule has 1 atom stereocenters. The van der Waals surface area contributed by atoms with Crippen molar-refractivity contribution in [3.8, 4) is 0 Å². The lowest BCUT2D eigenvalue weighted by atomic mass is 10.0. The van der Waals surface area contributed by atoms with Crippen LogP contribution in [-0.4, -0.2) is 55.4 Å². The van der Waals surface area contributed by atoms with Gasteiger partial charge in [0.05, 0.1) is 0 Å². The van der Waals surface area contributed by atoms with E-state index in [-0.39, 0.29) is 5.78 Å². The summed E-state index contributed by atoms with van der Waals surface area (Å²) < 4.78 is 1.13. The van der Waals surface area contributed by atoms with Crippen molar-refractivity contribution in [3.63, 3.8) is 0 Å². The van der Waals surface area contributed by atoms with Gasteiger partial charge in [-0.1, -0.05) is 12.1 Å². The topological polar surface area (TPSA) is 23.6 Å². The first-order valence-corrected chi connectivity index (χ1v) is 7.91. The quantitative estimate of drug-likeness (QED) is 0.811. The monoisotopic (exact) mass is 288 g/mol. The molecule has 3 rings (SSSR count). The highest BCUT2D eigenvalue weighted by atomic mass is 32.1. The van der Waals surface area contributed by atoms with Crippen LogP contribution in [0.1, 0.15) is 16.8 Å². The van der Waals surface area contributed by atoms with Crippen LogP contribution in [0.3, 0.4) is 0 Å². The third kappa shape index (κ3) is 2.64. The zero-order valence-electron chi connectivity index (χ0n) is 12.0. The first-order valence-electron chi connectivity index (χ1n) is 7.03. The predicted molar refractivity (Wildman–Crippen MR) is 84.7 cm³/mol. The Labute approximate surface area is 123 Å². The van der Waals surface area contributed by atoms with Gasteiger partial charge in [0.2, 0.25) is 0 Å². The molecule has 1 unspecified atom stereocenters. The van der Waals surface area contributed by atoms with E-state index in [1.54, 1.807) is 11.3 Å². The Balaban J connectivity index is 1.80. The molecule has 0 bridgehead atoms. The van der Waals surface area contributed by atoms with E-state index in [0.29, 0.717) is 12.5 Å². The molecule has 1 fully saturated rings. The van der Waals surface area contributed by atoms with E-state index in [0.717, 1.165) is 29.9 Å². The van der Waals surface area contributed by atoms with E-state index < -0.39 is 0 Å². The van der Waals surface area contributed by atoms with Crippen LogP contribution in [0.2, 0.25) is 0 Å². The number of Topliss-reactive ketones (excluding diaryl/α,β-unsaturated/α-hetero) is 1. The molecular formula is C16H20N2OS. The van der Waals surface area contributed by atoms with Crippen molar-refractivity contribution in [1.29, 1.82) is 0 Å². The molecule has 1 aliphatic rings. The fourth-order valence-electron chi connectivity index (χ4n) is 2.86. The predicted octanol–water partition coefficient (Wildman–Crippen LogP) is 2.72. The van der Waals surface area contributed by atoms with Gasteiger partial charge in [-0.2, -0.15) is 0 Å². The van der Waals surface area contributed by atoms with E-state index in [4.69, 9.17) is 0 Å². The van der Waals surface area contributed by atoms with Crippen LogP contribution in [0, 0.1) is 0 Å². The van der Waals surface area contributed by atoms with Crippen molar-refractivity contribution in [2.75, 3.05) is 33.7 Å². The van der Waals surface area contributed by atoms with Crippen LogP contribution in [0.4, 0.5) is 0 Å². The lowest BCUT2D eigenvalue weighted by molar-refractivity contribution is 0.0811. The SMILES string of the molecule is CN1CCN(C)C(CC(=O)c2cccc3ccsc23)C1. The molecule has 1 aliphatic heterocycles. The second-order valence-electron chi connectivity index (χ2n) is 5.67. The number of piperazine rings is 1. The summed E-state index contributed by atoms with van der Waals surface area (Å²) in [6, 6.07) is 8.43. The molecule has 0 amide bonds. The van der Waals surface area contributed by atoms with Gasteiger partial charge < -0.3 is 9.80 Å². The van der Waals surface area contributed by atoms with Crippen LogP contribution >= 0.6 is 11.3 Å². The summed E-state index contributed by atoms with van der Waals surface area (Å²) in [5.74, 6) is 0.269. The number of nitrogens with zero attached hydrogens (tertiary/aromatic N) is 2. The summed E-state index contributed by atoms with van der Waals surface area (Å²) in [4.78, 5) is 17.3. The molecule has 0 radical (unpaired) electrons. The summed E-state index contributed by atoms with van der Waals surface area (Å²) in [6.07, 6.45) is 0.609. The van der Waals surface area contributed by atoms with Gasteiger partial charge in [-0.3, -0.25) is 4.79 Å². The molecule has 0 aliphatic carbocycles. The maximum atomic E-state index is 12.6. The van der Waals surface area contributed by atoms with Crippen molar-refractivity contribution >= 4 is 27.2 Å². The molecule has 1 saturated heterocycles. The summed E-state index contributed by atoms with van der Waals surface area (Å²) in [5, 5.41) is 3.23. The van der Waals surface area contributed by atoms with Gasteiger partial charge >= 0.3 is 0 Å². The highest BCUT2D eigenvalue weighted by Gasteiger charge is 2.25. The summed E-state index contributed by atoms with van der Waals surface area (Å²) in [5.41, 5.74) is 0.888. The Morgan fingerprint density at radius 1 is 1.30 bits per heavy atom. The summed E-state index contributed by atoms with van der Waals surface area (Å²) >= 11 is 1.66. The van der Waals surface area contributed by atoms with Gasteiger partial charge in [0.1, 0.15) is 0 Å². The van der Waals surface area contributed by atoms with Gasteiger partial charge in [-0.25, -0.2) is 0 Å². The van der Waals surface area contributed by atoms with Gasteiger partial charge in [0.15, 0.2) is 5.78 Å². The van der Waals surface area contributed by atoms with Crippen LogP contribution in [-0.2, 0) is 0 Å². The van der Waals surface area contributed by atoms with Crippen LogP contribution in [0.15, 0.2) is 29.6 Å². The standard InChI is InChI=1S/C16H20N2OS/c1-17-7-8-18(2)13(11-17)10-15(19)14-5-3-4-12-6-9-20-16(12)14/h3-6,9,13H,7-8,10-11H2,1-2H3. The fraction of sp³-hybridized carbons (Fsp3) is 0.438. The van der Waals surface area contributed by atoms with Crippen LogP contribution < -0.4 is 0 Å². The van der Waals surface area contributed by atoms with Crippen molar-refractivity contribution in [1.82, 2.24) is 9.80 Å². The number of thiophene rings is 1. The van der Waals surface area contributed by atoms with Crippen LogP contribution in [0.25, 0.3) is 10.1 Å². The van der Waals surface area contributed by atoms with E-state index >= 15 is 0 Å². The van der Waals surface area contributed by atoms with E-state index in [2.05, 4.69) is 41.4 Å². The molecule has 0 N–H and O–H groups in total. The van der Waals surface area contributed by atoms with E-state index in [9.17, 15) is 4.79 Å². The Morgan fingerprint density at radius 2 is 2.15 bits per heavy atom. The molecule has 2 aromatic rings. The minimum atomic E-state index is 0.269. The van der Waals surface area contributed by atoms with Crippen molar-refractivity contribution in [2.24, 2.45) is 0 Å². The lowest BCUT2D eigenvalue weighted by Crippen LogP contribution is -2.50. The van der Waals surface area contributed by atoms with Gasteiger partial charge in [-0.15, -0.1) is 11.3 Å². The summed E-state index contributed by atoms with van der Waals surface area (Å²) in [6.45, 7) is 3.10. The molecule has 106 valence electrons. The zero-order valence-corrected chi connectivity index (χ0v) is 12.8. The lowest BCUT2D eigenvalue weighted by Gasteiger charge is -2.37. The first-order chi connectivity index (χ1) is 9.65. The smallest absolute Gasteiger partial charge is 0.165 e. The molecule has 0 spiro atoms. The number of carbonyl (C=O) groups is 1. The Bertz CT molecular complexity index is 622. The molecule has 3 nitrogen and oxygen atoms in total. The molecule has 20 heavy (non-hydrogen) atoms. The molecule has 1 aromatic heterocycles. The number of hydrogen-bond acceptors (Lipinski definition) is 4. The third-order valence-corrected chi connectivity index (χ3v) is 5.14. The normalized spacial score (nSPS) is 21.4. The fourth-order valence-corrected chi connectivity index (χ4v) is 3.79. The number of benzene rings is 1. The highest BCUT2D eigenvalue weighted by molar-refractivity contribution is 7.17. The molecule has 4 heteroatoms. The van der Waals surface area contributed by atoms with Gasteiger partial charge in [0.25, 0.3) is 0 Å². The van der Waals surface area contributed by atoms with E-state index in [1.165, 1.54) is 5.39 Å². The number of fused-ring (bicyclic) bond motifs is 1. The molecule has 0 saturated carbocycles. The Kier molecular flexibility index (Phi) is 3.87. The van der Waals surface area contributed by atoms with Gasteiger partial charge in [0, 0.05) is 42.4 Å². The Morgan fingerprint density at radius 3 is 3.00 bits per heavy atom. The third-order valence-electron chi connectivity index (χ3n) is 4.18. The van der Waals surface area contributed by atoms with Crippen molar-refractivity contribution < 1.29 is 4.79 Å². The van der Waals surface area contributed by atoms with Crippen molar-refractivity contribution in [3.05, 3.63) is 35.2 Å². The average molecular weight is 288 g/mol. The number of likely N-dealkylation sites (N-methyl/N-ethyl adjacent to an activating group) is 2. The minimum absolute atomic E-state index is 0.269. The molecule has 2 heterocycles. The van der Waals surface area contributed by atoms with Crippen LogP contribution in [0.5, 0.6) is 0 Å². The van der Waals surface area contributed by atoms with Crippen molar-refractivity contribution in [2.45, 2.75) is 12.5 Å². The highest BCUT2D eigenvalue weighted by Crippen LogP contribution is 2.26. The Hall–Kier alpha value is -1.23. The minimum Gasteiger partial charge on any atom is -0.304 e. The maximum absolute atomic E-state index is 12.6. The van der Waals surface area contributed by atoms with E-state index in [1.807, 2.05) is 12.1 Å². The molecular weight excluding hydrogens is 268 g/mol. The maximum Gasteiger partial charge on any atom is 0.165 e. The zero-order chi connectivity index (χ0) is 14.1. The number of rotatable bonds is 3. The average Bonchev–Trinajstić information content (AvgIpc) is 2.91. The number of carbonyl (C=O) groups excluding carboxylic acids is 1. The summed E-state index contributed by atoms with van der Waals surface area (Å²) in [7, 11) is 4.25. The first kappa shape index (κ1) is 13.7. The number of hydrogen-bond donors (Lipinski definition) is 0.